The second-order valence-corrected chi connectivity index (χ2v) is 4.83. The van der Waals surface area contributed by atoms with Crippen molar-refractivity contribution in [1.82, 2.24) is 16.0 Å². The van der Waals surface area contributed by atoms with Gasteiger partial charge in [0.15, 0.2) is 5.96 Å². The average molecular weight is 294 g/mol. The van der Waals surface area contributed by atoms with Gasteiger partial charge in [-0.1, -0.05) is 6.92 Å². The third kappa shape index (κ3) is 7.39. The minimum atomic E-state index is 0.0544. The van der Waals surface area contributed by atoms with Gasteiger partial charge in [0, 0.05) is 25.6 Å². The predicted molar refractivity (Wildman–Crippen MR) is 84.0 cm³/mol. The number of carbonyl (C=O) groups excluding carboxylic acids is 1. The topological polar surface area (TPSA) is 78.7 Å². The number of carbonyl (C=O) groups is 1. The van der Waals surface area contributed by atoms with Gasteiger partial charge in [-0.3, -0.25) is 4.79 Å². The molecule has 0 spiro atoms. The highest BCUT2D eigenvalue weighted by atomic mass is 16.3. The molecule has 6 heteroatoms. The molecular weight excluding hydrogens is 268 g/mol. The Kier molecular flexibility index (Phi) is 8.01. The van der Waals surface area contributed by atoms with E-state index in [2.05, 4.69) is 20.9 Å². The minimum Gasteiger partial charge on any atom is -0.467 e. The highest BCUT2D eigenvalue weighted by Gasteiger charge is 2.05. The summed E-state index contributed by atoms with van der Waals surface area (Å²) in [5, 5.41) is 9.21. The standard InChI is InChI=1S/C15H26N4O2/c1-4-12(3)19-14(20)8-9-17-15(16-5-2)18-11-13-7-6-10-21-13/h6-7,10,12H,4-5,8-9,11H2,1-3H3,(H,19,20)(H2,16,17,18). The maximum atomic E-state index is 11.7. The molecule has 0 bridgehead atoms. The van der Waals surface area contributed by atoms with E-state index in [1.54, 1.807) is 6.26 Å². The first kappa shape index (κ1) is 17.1. The summed E-state index contributed by atoms with van der Waals surface area (Å²) >= 11 is 0. The van der Waals surface area contributed by atoms with E-state index in [9.17, 15) is 4.79 Å². The van der Waals surface area contributed by atoms with Crippen molar-refractivity contribution in [2.24, 2.45) is 4.99 Å². The molecule has 1 amide bonds. The number of aliphatic imine (C=N–C) groups is 1. The highest BCUT2D eigenvalue weighted by molar-refractivity contribution is 5.81. The molecule has 0 saturated carbocycles. The van der Waals surface area contributed by atoms with Crippen molar-refractivity contribution in [2.75, 3.05) is 13.1 Å². The summed E-state index contributed by atoms with van der Waals surface area (Å²) in [7, 11) is 0. The van der Waals surface area contributed by atoms with Crippen LogP contribution in [0.5, 0.6) is 0 Å². The van der Waals surface area contributed by atoms with Crippen molar-refractivity contribution in [3.8, 4) is 0 Å². The van der Waals surface area contributed by atoms with Gasteiger partial charge >= 0.3 is 0 Å². The minimum absolute atomic E-state index is 0.0544. The van der Waals surface area contributed by atoms with E-state index >= 15 is 0 Å². The number of amides is 1. The maximum Gasteiger partial charge on any atom is 0.221 e. The van der Waals surface area contributed by atoms with Crippen LogP contribution in [-0.4, -0.2) is 31.0 Å². The summed E-state index contributed by atoms with van der Waals surface area (Å²) in [5.74, 6) is 1.55. The molecule has 1 aromatic heterocycles. The molecule has 1 heterocycles. The van der Waals surface area contributed by atoms with Crippen LogP contribution in [-0.2, 0) is 11.3 Å². The van der Waals surface area contributed by atoms with Gasteiger partial charge in [-0.15, -0.1) is 0 Å². The first-order valence-corrected chi connectivity index (χ1v) is 7.49. The molecule has 0 radical (unpaired) electrons. The van der Waals surface area contributed by atoms with E-state index in [4.69, 9.17) is 4.42 Å². The van der Waals surface area contributed by atoms with Gasteiger partial charge in [-0.2, -0.15) is 0 Å². The van der Waals surface area contributed by atoms with Gasteiger partial charge in [-0.05, 0) is 32.4 Å². The Morgan fingerprint density at radius 3 is 2.81 bits per heavy atom. The van der Waals surface area contributed by atoms with Crippen molar-refractivity contribution in [3.05, 3.63) is 24.2 Å². The van der Waals surface area contributed by atoms with E-state index in [0.29, 0.717) is 25.5 Å². The Hall–Kier alpha value is -1.98. The van der Waals surface area contributed by atoms with E-state index in [-0.39, 0.29) is 11.9 Å². The lowest BCUT2D eigenvalue weighted by molar-refractivity contribution is -0.121. The molecule has 3 N–H and O–H groups in total. The molecular formula is C15H26N4O2. The summed E-state index contributed by atoms with van der Waals surface area (Å²) in [6.45, 7) is 7.84. The van der Waals surface area contributed by atoms with Crippen LogP contribution < -0.4 is 16.0 Å². The summed E-state index contributed by atoms with van der Waals surface area (Å²) in [4.78, 5) is 16.1. The number of furan rings is 1. The van der Waals surface area contributed by atoms with Crippen LogP contribution in [0, 0.1) is 0 Å². The molecule has 6 nitrogen and oxygen atoms in total. The van der Waals surface area contributed by atoms with Gasteiger partial charge in [-0.25, -0.2) is 4.99 Å². The average Bonchev–Trinajstić information content (AvgIpc) is 2.97. The predicted octanol–water partition coefficient (Wildman–Crippen LogP) is 1.64. The number of nitrogens with zero attached hydrogens (tertiary/aromatic N) is 1. The lowest BCUT2D eigenvalue weighted by Crippen LogP contribution is -2.40. The van der Waals surface area contributed by atoms with E-state index in [0.717, 1.165) is 18.7 Å². The highest BCUT2D eigenvalue weighted by Crippen LogP contribution is 2.01. The first-order chi connectivity index (χ1) is 10.2. The molecule has 0 saturated heterocycles. The van der Waals surface area contributed by atoms with Crippen LogP contribution in [0.3, 0.4) is 0 Å². The van der Waals surface area contributed by atoms with Gasteiger partial charge in [0.05, 0.1) is 6.26 Å². The van der Waals surface area contributed by atoms with Crippen LogP contribution in [0.1, 0.15) is 39.4 Å². The van der Waals surface area contributed by atoms with Gasteiger partial charge < -0.3 is 20.4 Å². The lowest BCUT2D eigenvalue weighted by Gasteiger charge is -2.13. The Labute approximate surface area is 126 Å². The fraction of sp³-hybridized carbons (Fsp3) is 0.600. The largest absolute Gasteiger partial charge is 0.467 e. The molecule has 118 valence electrons. The molecule has 21 heavy (non-hydrogen) atoms. The lowest BCUT2D eigenvalue weighted by atomic mass is 10.2. The number of hydrogen-bond acceptors (Lipinski definition) is 3. The van der Waals surface area contributed by atoms with Crippen LogP contribution in [0.15, 0.2) is 27.8 Å². The molecule has 0 fully saturated rings. The first-order valence-electron chi connectivity index (χ1n) is 7.49. The zero-order chi connectivity index (χ0) is 15.5. The van der Waals surface area contributed by atoms with Crippen LogP contribution >= 0.6 is 0 Å². The Bertz CT molecular complexity index is 429. The van der Waals surface area contributed by atoms with Crippen LogP contribution in [0.4, 0.5) is 0 Å². The van der Waals surface area contributed by atoms with E-state index < -0.39 is 0 Å². The molecule has 0 aromatic carbocycles. The van der Waals surface area contributed by atoms with Crippen molar-refractivity contribution in [1.29, 1.82) is 0 Å². The van der Waals surface area contributed by atoms with Crippen molar-refractivity contribution in [2.45, 2.75) is 46.2 Å². The molecule has 1 atom stereocenters. The fourth-order valence-corrected chi connectivity index (χ4v) is 1.64. The van der Waals surface area contributed by atoms with Gasteiger partial charge in [0.1, 0.15) is 12.3 Å². The van der Waals surface area contributed by atoms with Crippen molar-refractivity contribution in [3.63, 3.8) is 0 Å². The molecule has 0 aliphatic heterocycles. The quantitative estimate of drug-likeness (QED) is 0.503. The third-order valence-corrected chi connectivity index (χ3v) is 2.98. The molecule has 1 aromatic rings. The zero-order valence-corrected chi connectivity index (χ0v) is 13.1. The van der Waals surface area contributed by atoms with Crippen molar-refractivity contribution >= 4 is 11.9 Å². The summed E-state index contributed by atoms with van der Waals surface area (Å²) in [5.41, 5.74) is 0. The Morgan fingerprint density at radius 1 is 1.38 bits per heavy atom. The second kappa shape index (κ2) is 9.85. The normalized spacial score (nSPS) is 12.8. The number of hydrogen-bond donors (Lipinski definition) is 3. The van der Waals surface area contributed by atoms with E-state index in [1.165, 1.54) is 0 Å². The second-order valence-electron chi connectivity index (χ2n) is 4.83. The Balaban J connectivity index is 2.33. The van der Waals surface area contributed by atoms with Crippen LogP contribution in [0.25, 0.3) is 0 Å². The Morgan fingerprint density at radius 2 is 2.19 bits per heavy atom. The number of nitrogens with one attached hydrogen (secondary N) is 3. The van der Waals surface area contributed by atoms with Gasteiger partial charge in [0.2, 0.25) is 5.91 Å². The molecule has 1 rings (SSSR count). The third-order valence-electron chi connectivity index (χ3n) is 2.98. The van der Waals surface area contributed by atoms with Gasteiger partial charge in [0.25, 0.3) is 0 Å². The summed E-state index contributed by atoms with van der Waals surface area (Å²) in [6.07, 6.45) is 2.99. The van der Waals surface area contributed by atoms with E-state index in [1.807, 2.05) is 32.9 Å². The smallest absolute Gasteiger partial charge is 0.221 e. The molecule has 0 aliphatic rings. The monoisotopic (exact) mass is 294 g/mol. The molecule has 0 aliphatic carbocycles. The van der Waals surface area contributed by atoms with Crippen molar-refractivity contribution < 1.29 is 9.21 Å². The SMILES string of the molecule is CCNC(=NCc1ccco1)NCCC(=O)NC(C)CC. The van der Waals surface area contributed by atoms with Crippen LogP contribution in [0.2, 0.25) is 0 Å². The molecule has 1 unspecified atom stereocenters. The summed E-state index contributed by atoms with van der Waals surface area (Å²) < 4.78 is 5.23. The number of guanidine groups is 1. The number of rotatable bonds is 8. The zero-order valence-electron chi connectivity index (χ0n) is 13.1. The maximum absolute atomic E-state index is 11.7. The summed E-state index contributed by atoms with van der Waals surface area (Å²) in [6, 6.07) is 3.94. The fourth-order valence-electron chi connectivity index (χ4n) is 1.64.